The van der Waals surface area contributed by atoms with Crippen LogP contribution in [0.2, 0.25) is 0 Å². The molecule has 2 aromatic heterocycles. The lowest BCUT2D eigenvalue weighted by molar-refractivity contribution is 0.494. The van der Waals surface area contributed by atoms with Crippen LogP contribution < -0.4 is 16.6 Å². The summed E-state index contributed by atoms with van der Waals surface area (Å²) in [6, 6.07) is 2.39. The number of rotatable bonds is 5. The monoisotopic (exact) mass is 265 g/mol. The molecule has 0 aliphatic heterocycles. The van der Waals surface area contributed by atoms with Gasteiger partial charge in [-0.1, -0.05) is 20.3 Å². The number of nitrogens with two attached hydrogens (primary N) is 1. The van der Waals surface area contributed by atoms with Gasteiger partial charge in [0.15, 0.2) is 0 Å². The molecular weight excluding hydrogens is 246 g/mol. The van der Waals surface area contributed by atoms with Crippen molar-refractivity contribution in [3.63, 3.8) is 0 Å². The van der Waals surface area contributed by atoms with E-state index >= 15 is 0 Å². The number of anilines is 2. The van der Waals surface area contributed by atoms with Gasteiger partial charge in [0.05, 0.1) is 5.39 Å². The Kier molecular flexibility index (Phi) is 3.98. The minimum atomic E-state index is 0.360. The summed E-state index contributed by atoms with van der Waals surface area (Å²) < 4.78 is 0. The molecule has 5 nitrogen and oxygen atoms in total. The lowest BCUT2D eigenvalue weighted by Crippen LogP contribution is -2.24. The molecule has 0 aromatic carbocycles. The van der Waals surface area contributed by atoms with Crippen molar-refractivity contribution in [2.45, 2.75) is 33.2 Å². The molecule has 2 rings (SSSR count). The first kappa shape index (κ1) is 13.0. The van der Waals surface area contributed by atoms with E-state index in [2.05, 4.69) is 41.5 Å². The molecule has 2 atom stereocenters. The number of thiophene rings is 1. The van der Waals surface area contributed by atoms with Crippen molar-refractivity contribution in [1.82, 2.24) is 9.97 Å². The second kappa shape index (κ2) is 5.49. The average molecular weight is 265 g/mol. The Labute approximate surface area is 111 Å². The van der Waals surface area contributed by atoms with Crippen molar-refractivity contribution < 1.29 is 0 Å². The summed E-state index contributed by atoms with van der Waals surface area (Å²) in [7, 11) is 0. The molecule has 4 N–H and O–H groups in total. The summed E-state index contributed by atoms with van der Waals surface area (Å²) in [4.78, 5) is 9.66. The fraction of sp³-hybridized carbons (Fsp3) is 0.500. The molecule has 0 saturated heterocycles. The summed E-state index contributed by atoms with van der Waals surface area (Å²) in [6.45, 7) is 6.59. The molecule has 0 bridgehead atoms. The van der Waals surface area contributed by atoms with Gasteiger partial charge in [0.1, 0.15) is 10.6 Å². The van der Waals surface area contributed by atoms with Gasteiger partial charge in [0.2, 0.25) is 5.95 Å². The van der Waals surface area contributed by atoms with E-state index in [-0.39, 0.29) is 0 Å². The minimum absolute atomic E-state index is 0.360. The molecule has 2 unspecified atom stereocenters. The van der Waals surface area contributed by atoms with Crippen LogP contribution in [0.4, 0.5) is 11.8 Å². The maximum atomic E-state index is 5.40. The third-order valence-electron chi connectivity index (χ3n) is 3.32. The fourth-order valence-electron chi connectivity index (χ4n) is 1.74. The molecule has 18 heavy (non-hydrogen) atoms. The third-order valence-corrected chi connectivity index (χ3v) is 4.12. The first-order chi connectivity index (χ1) is 8.65. The Hall–Kier alpha value is -1.40. The van der Waals surface area contributed by atoms with Crippen LogP contribution in [0.5, 0.6) is 0 Å². The summed E-state index contributed by atoms with van der Waals surface area (Å²) in [5.41, 5.74) is 2.51. The van der Waals surface area contributed by atoms with E-state index in [0.717, 1.165) is 22.5 Å². The number of nitrogens with zero attached hydrogens (tertiary/aromatic N) is 2. The van der Waals surface area contributed by atoms with E-state index < -0.39 is 0 Å². The molecule has 0 fully saturated rings. The van der Waals surface area contributed by atoms with Crippen LogP contribution >= 0.6 is 11.3 Å². The van der Waals surface area contributed by atoms with Gasteiger partial charge >= 0.3 is 0 Å². The minimum Gasteiger partial charge on any atom is -0.367 e. The largest absolute Gasteiger partial charge is 0.367 e. The van der Waals surface area contributed by atoms with Crippen molar-refractivity contribution in [2.24, 2.45) is 11.8 Å². The molecule has 2 aromatic rings. The summed E-state index contributed by atoms with van der Waals surface area (Å²) in [5, 5.41) is 6.52. The molecule has 0 radical (unpaired) electrons. The first-order valence-electron chi connectivity index (χ1n) is 6.14. The van der Waals surface area contributed by atoms with Gasteiger partial charge in [-0.2, -0.15) is 4.98 Å². The Morgan fingerprint density at radius 2 is 2.17 bits per heavy atom. The normalized spacial score (nSPS) is 14.4. The third kappa shape index (κ3) is 2.54. The molecule has 98 valence electrons. The van der Waals surface area contributed by atoms with Crippen molar-refractivity contribution in [3.05, 3.63) is 11.4 Å². The smallest absolute Gasteiger partial charge is 0.240 e. The van der Waals surface area contributed by atoms with Crippen molar-refractivity contribution in [3.8, 4) is 0 Å². The zero-order valence-electron chi connectivity index (χ0n) is 10.9. The number of nitrogens with one attached hydrogen (secondary N) is 2. The Morgan fingerprint density at radius 3 is 2.83 bits per heavy atom. The van der Waals surface area contributed by atoms with E-state index in [1.165, 1.54) is 0 Å². The number of nitrogen functional groups attached to an aromatic ring is 1. The van der Waals surface area contributed by atoms with Crippen LogP contribution in [0.25, 0.3) is 10.2 Å². The molecule has 0 saturated carbocycles. The number of hydrogen-bond acceptors (Lipinski definition) is 6. The van der Waals surface area contributed by atoms with Crippen LogP contribution in [0, 0.1) is 5.92 Å². The number of aromatic nitrogens is 2. The van der Waals surface area contributed by atoms with E-state index in [0.29, 0.717) is 17.9 Å². The summed E-state index contributed by atoms with van der Waals surface area (Å²) >= 11 is 1.59. The molecular formula is C12H19N5S. The molecule has 0 aliphatic carbocycles. The van der Waals surface area contributed by atoms with Crippen LogP contribution in [-0.4, -0.2) is 16.0 Å². The zero-order chi connectivity index (χ0) is 13.1. The number of hydrazine groups is 1. The zero-order valence-corrected chi connectivity index (χ0v) is 11.7. The lowest BCUT2D eigenvalue weighted by atomic mass is 10.0. The lowest BCUT2D eigenvalue weighted by Gasteiger charge is -2.21. The van der Waals surface area contributed by atoms with Gasteiger partial charge in [0, 0.05) is 6.04 Å². The van der Waals surface area contributed by atoms with Gasteiger partial charge < -0.3 is 5.32 Å². The van der Waals surface area contributed by atoms with Gasteiger partial charge in [-0.25, -0.2) is 10.8 Å². The van der Waals surface area contributed by atoms with Crippen molar-refractivity contribution >= 4 is 33.3 Å². The Morgan fingerprint density at radius 1 is 1.39 bits per heavy atom. The summed E-state index contributed by atoms with van der Waals surface area (Å²) in [6.07, 6.45) is 1.13. The van der Waals surface area contributed by atoms with Crippen LogP contribution in [0.3, 0.4) is 0 Å². The highest BCUT2D eigenvalue weighted by molar-refractivity contribution is 7.16. The fourth-order valence-corrected chi connectivity index (χ4v) is 2.51. The van der Waals surface area contributed by atoms with Crippen molar-refractivity contribution in [1.29, 1.82) is 0 Å². The van der Waals surface area contributed by atoms with E-state index in [4.69, 9.17) is 5.84 Å². The molecule has 6 heteroatoms. The molecule has 0 spiro atoms. The van der Waals surface area contributed by atoms with Gasteiger partial charge in [-0.05, 0) is 24.3 Å². The van der Waals surface area contributed by atoms with Gasteiger partial charge in [-0.15, -0.1) is 11.3 Å². The predicted octanol–water partition coefficient (Wildman–Crippen LogP) is 2.82. The SMILES string of the molecule is CCC(C)C(C)Nc1nc(NN)nc2sccc12. The highest BCUT2D eigenvalue weighted by Crippen LogP contribution is 2.27. The van der Waals surface area contributed by atoms with E-state index in [1.807, 2.05) is 11.4 Å². The Balaban J connectivity index is 2.33. The van der Waals surface area contributed by atoms with Crippen LogP contribution in [-0.2, 0) is 0 Å². The second-order valence-corrected chi connectivity index (χ2v) is 5.39. The maximum Gasteiger partial charge on any atom is 0.240 e. The highest BCUT2D eigenvalue weighted by Gasteiger charge is 2.14. The standard InChI is InChI=1S/C12H19N5S/c1-4-7(2)8(3)14-10-9-5-6-18-11(9)16-12(15-10)17-13/h5-8H,4,13H2,1-3H3,(H2,14,15,16,17). The highest BCUT2D eigenvalue weighted by atomic mass is 32.1. The Bertz CT molecular complexity index is 524. The van der Waals surface area contributed by atoms with E-state index in [9.17, 15) is 0 Å². The molecule has 0 amide bonds. The quantitative estimate of drug-likeness (QED) is 0.572. The summed E-state index contributed by atoms with van der Waals surface area (Å²) in [5.74, 6) is 7.28. The first-order valence-corrected chi connectivity index (χ1v) is 7.02. The second-order valence-electron chi connectivity index (χ2n) is 4.50. The maximum absolute atomic E-state index is 5.40. The van der Waals surface area contributed by atoms with Gasteiger partial charge in [0.25, 0.3) is 0 Å². The van der Waals surface area contributed by atoms with E-state index in [1.54, 1.807) is 11.3 Å². The average Bonchev–Trinajstić information content (AvgIpc) is 2.85. The van der Waals surface area contributed by atoms with Crippen LogP contribution in [0.15, 0.2) is 11.4 Å². The topological polar surface area (TPSA) is 75.9 Å². The van der Waals surface area contributed by atoms with Gasteiger partial charge in [-0.3, -0.25) is 5.43 Å². The number of fused-ring (bicyclic) bond motifs is 1. The van der Waals surface area contributed by atoms with Crippen molar-refractivity contribution in [2.75, 3.05) is 10.7 Å². The molecule has 0 aliphatic rings. The van der Waals surface area contributed by atoms with Crippen LogP contribution in [0.1, 0.15) is 27.2 Å². The predicted molar refractivity (Wildman–Crippen MR) is 77.8 cm³/mol. The number of hydrogen-bond donors (Lipinski definition) is 3. The molecule has 2 heterocycles.